The van der Waals surface area contributed by atoms with Gasteiger partial charge in [-0.15, -0.1) is 0 Å². The van der Waals surface area contributed by atoms with Crippen LogP contribution in [0.1, 0.15) is 27.8 Å². The highest BCUT2D eigenvalue weighted by molar-refractivity contribution is 5.78. The molecule has 3 atom stereocenters. The van der Waals surface area contributed by atoms with Crippen molar-refractivity contribution < 1.29 is 23.0 Å². The number of carbonyl (C=O) groups excluding carboxylic acids is 1. The van der Waals surface area contributed by atoms with Gasteiger partial charge in [0.2, 0.25) is 5.91 Å². The van der Waals surface area contributed by atoms with Crippen molar-refractivity contribution in [1.29, 1.82) is 0 Å². The first kappa shape index (κ1) is 33.2. The van der Waals surface area contributed by atoms with Gasteiger partial charge in [-0.1, -0.05) is 121 Å². The third kappa shape index (κ3) is 9.01. The van der Waals surface area contributed by atoms with Crippen molar-refractivity contribution in [3.05, 3.63) is 179 Å². The van der Waals surface area contributed by atoms with Crippen LogP contribution in [0.25, 0.3) is 0 Å². The fourth-order valence-electron chi connectivity index (χ4n) is 6.48. The lowest BCUT2D eigenvalue weighted by Crippen LogP contribution is -2.61. The number of hydrogen-bond donors (Lipinski definition) is 0. The zero-order valence-electron chi connectivity index (χ0n) is 26.8. The van der Waals surface area contributed by atoms with E-state index in [0.717, 1.165) is 28.3 Å². The minimum absolute atomic E-state index is 0.0216. The van der Waals surface area contributed by atoms with Crippen molar-refractivity contribution in [2.24, 2.45) is 0 Å². The summed E-state index contributed by atoms with van der Waals surface area (Å²) in [4.78, 5) is 17.8. The molecule has 246 valence electrons. The number of amides is 1. The van der Waals surface area contributed by atoms with Crippen LogP contribution >= 0.6 is 0 Å². The molecule has 1 saturated heterocycles. The molecule has 1 aliphatic rings. The predicted molar refractivity (Wildman–Crippen MR) is 183 cm³/mol. The van der Waals surface area contributed by atoms with E-state index in [0.29, 0.717) is 25.2 Å². The van der Waals surface area contributed by atoms with Crippen molar-refractivity contribution in [3.8, 4) is 0 Å². The third-order valence-electron chi connectivity index (χ3n) is 8.77. The second-order valence-electron chi connectivity index (χ2n) is 12.3. The molecule has 1 fully saturated rings. The van der Waals surface area contributed by atoms with Crippen molar-refractivity contribution in [1.82, 2.24) is 9.80 Å². The van der Waals surface area contributed by atoms with Gasteiger partial charge in [0.1, 0.15) is 18.2 Å². The SMILES string of the molecule is O=C1COCC([C@@H](OCc2ccccc2)[C@H](Cc2cc(F)cc(F)c2)N(Cc2ccccc2)Cc2ccccc2)N1Cc1ccccc1. The van der Waals surface area contributed by atoms with Gasteiger partial charge < -0.3 is 14.4 Å². The summed E-state index contributed by atoms with van der Waals surface area (Å²) in [5, 5.41) is 0. The van der Waals surface area contributed by atoms with Crippen molar-refractivity contribution >= 4 is 5.91 Å². The Morgan fingerprint density at radius 1 is 0.688 bits per heavy atom. The van der Waals surface area contributed by atoms with Gasteiger partial charge in [-0.25, -0.2) is 8.78 Å². The molecule has 1 aliphatic heterocycles. The van der Waals surface area contributed by atoms with Crippen molar-refractivity contribution in [3.63, 3.8) is 0 Å². The topological polar surface area (TPSA) is 42.0 Å². The minimum Gasteiger partial charge on any atom is -0.370 e. The number of morpholine rings is 1. The Morgan fingerprint density at radius 3 is 1.73 bits per heavy atom. The standard InChI is InChI=1S/C41H40F2N2O3/c42-36-21-35(22-37(43)24-36)23-38(44(25-31-13-5-1-6-14-31)26-32-15-7-2-8-16-32)41(48-28-34-19-11-4-12-20-34)39-29-47-30-40(46)45(39)27-33-17-9-3-10-18-33/h1-22,24,38-39,41H,23,25-30H2/t38-,39?,41-/m0/s1. The summed E-state index contributed by atoms with van der Waals surface area (Å²) in [6.45, 7) is 2.00. The normalized spacial score (nSPS) is 16.2. The summed E-state index contributed by atoms with van der Waals surface area (Å²) in [7, 11) is 0. The number of halogens is 2. The molecule has 1 unspecified atom stereocenters. The van der Waals surface area contributed by atoms with E-state index in [4.69, 9.17) is 9.47 Å². The summed E-state index contributed by atoms with van der Waals surface area (Å²) in [5.41, 5.74) is 4.65. The maximum absolute atomic E-state index is 14.7. The Kier molecular flexibility index (Phi) is 11.4. The van der Waals surface area contributed by atoms with Crippen LogP contribution in [0.15, 0.2) is 140 Å². The van der Waals surface area contributed by atoms with E-state index < -0.39 is 29.8 Å². The van der Waals surface area contributed by atoms with Gasteiger partial charge in [0.25, 0.3) is 0 Å². The second-order valence-corrected chi connectivity index (χ2v) is 12.3. The molecule has 5 aromatic rings. The largest absolute Gasteiger partial charge is 0.370 e. The second kappa shape index (κ2) is 16.4. The zero-order valence-corrected chi connectivity index (χ0v) is 26.8. The van der Waals surface area contributed by atoms with Gasteiger partial charge in [0.15, 0.2) is 0 Å². The quantitative estimate of drug-likeness (QED) is 0.125. The van der Waals surface area contributed by atoms with E-state index in [9.17, 15) is 13.6 Å². The van der Waals surface area contributed by atoms with Crippen LogP contribution in [0.4, 0.5) is 8.78 Å². The molecule has 0 N–H and O–H groups in total. The molecule has 1 amide bonds. The lowest BCUT2D eigenvalue weighted by molar-refractivity contribution is -0.163. The molecule has 6 rings (SSSR count). The van der Waals surface area contributed by atoms with E-state index in [2.05, 4.69) is 29.2 Å². The number of hydrogen-bond acceptors (Lipinski definition) is 4. The Morgan fingerprint density at radius 2 is 1.19 bits per heavy atom. The van der Waals surface area contributed by atoms with Crippen LogP contribution in [-0.4, -0.2) is 47.1 Å². The Hall–Kier alpha value is -4.69. The molecular weight excluding hydrogens is 606 g/mol. The summed E-state index contributed by atoms with van der Waals surface area (Å²) in [5.74, 6) is -1.40. The smallest absolute Gasteiger partial charge is 0.249 e. The third-order valence-corrected chi connectivity index (χ3v) is 8.77. The lowest BCUT2D eigenvalue weighted by Gasteiger charge is -2.46. The van der Waals surface area contributed by atoms with Crippen LogP contribution in [-0.2, 0) is 46.9 Å². The van der Waals surface area contributed by atoms with Gasteiger partial charge in [0, 0.05) is 31.7 Å². The average Bonchev–Trinajstić information content (AvgIpc) is 3.10. The molecule has 7 heteroatoms. The monoisotopic (exact) mass is 646 g/mol. The number of nitrogens with zero attached hydrogens (tertiary/aromatic N) is 2. The number of rotatable bonds is 14. The Bertz CT molecular complexity index is 1660. The maximum atomic E-state index is 14.7. The first-order valence-electron chi connectivity index (χ1n) is 16.4. The lowest BCUT2D eigenvalue weighted by atomic mass is 9.92. The molecule has 5 nitrogen and oxygen atoms in total. The summed E-state index contributed by atoms with van der Waals surface area (Å²) < 4.78 is 42.3. The van der Waals surface area contributed by atoms with E-state index in [1.807, 2.05) is 102 Å². The highest BCUT2D eigenvalue weighted by Gasteiger charge is 2.42. The van der Waals surface area contributed by atoms with E-state index in [1.54, 1.807) is 0 Å². The first-order chi connectivity index (χ1) is 23.5. The minimum atomic E-state index is -0.634. The van der Waals surface area contributed by atoms with Crippen LogP contribution in [0.5, 0.6) is 0 Å². The number of benzene rings is 5. The van der Waals surface area contributed by atoms with E-state index in [-0.39, 0.29) is 32.1 Å². The average molecular weight is 647 g/mol. The van der Waals surface area contributed by atoms with E-state index >= 15 is 0 Å². The molecule has 1 heterocycles. The van der Waals surface area contributed by atoms with Gasteiger partial charge >= 0.3 is 0 Å². The van der Waals surface area contributed by atoms with Crippen molar-refractivity contribution in [2.45, 2.75) is 50.8 Å². The predicted octanol–water partition coefficient (Wildman–Crippen LogP) is 7.59. The number of carbonyl (C=O) groups is 1. The fraction of sp³-hybridized carbons (Fsp3) is 0.244. The summed E-state index contributed by atoms with van der Waals surface area (Å²) >= 11 is 0. The Labute approximate surface area is 281 Å². The first-order valence-corrected chi connectivity index (χ1v) is 16.4. The molecular formula is C41H40F2N2O3. The van der Waals surface area contributed by atoms with Crippen molar-refractivity contribution in [2.75, 3.05) is 13.2 Å². The Balaban J connectivity index is 1.46. The van der Waals surface area contributed by atoms with Gasteiger partial charge in [0.05, 0.1) is 25.4 Å². The van der Waals surface area contributed by atoms with Crippen LogP contribution in [0, 0.1) is 11.6 Å². The van der Waals surface area contributed by atoms with Crippen LogP contribution in [0.3, 0.4) is 0 Å². The molecule has 0 bridgehead atoms. The zero-order chi connectivity index (χ0) is 33.1. The molecule has 0 spiro atoms. The highest BCUT2D eigenvalue weighted by atomic mass is 19.1. The van der Waals surface area contributed by atoms with Crippen LogP contribution < -0.4 is 0 Å². The molecule has 0 radical (unpaired) electrons. The number of ether oxygens (including phenoxy) is 2. The van der Waals surface area contributed by atoms with Gasteiger partial charge in [-0.3, -0.25) is 9.69 Å². The highest BCUT2D eigenvalue weighted by Crippen LogP contribution is 2.29. The molecule has 0 aliphatic carbocycles. The molecule has 0 aromatic heterocycles. The molecule has 0 saturated carbocycles. The van der Waals surface area contributed by atoms with Gasteiger partial charge in [-0.05, 0) is 46.4 Å². The van der Waals surface area contributed by atoms with Crippen LogP contribution in [0.2, 0.25) is 0 Å². The molecule has 5 aromatic carbocycles. The summed E-state index contributed by atoms with van der Waals surface area (Å²) in [6.07, 6.45) is -0.325. The summed E-state index contributed by atoms with van der Waals surface area (Å²) in [6, 6.07) is 42.8. The van der Waals surface area contributed by atoms with Gasteiger partial charge in [-0.2, -0.15) is 0 Å². The fourth-order valence-corrected chi connectivity index (χ4v) is 6.48. The molecule has 48 heavy (non-hydrogen) atoms. The van der Waals surface area contributed by atoms with E-state index in [1.165, 1.54) is 12.1 Å². The maximum Gasteiger partial charge on any atom is 0.249 e.